The average Bonchev–Trinajstić information content (AvgIpc) is 2.35. The third-order valence-electron chi connectivity index (χ3n) is 1.08. The quantitative estimate of drug-likeness (QED) is 0.706. The van der Waals surface area contributed by atoms with Gasteiger partial charge in [-0.05, 0) is 18.1 Å². The summed E-state index contributed by atoms with van der Waals surface area (Å²) in [7, 11) is 0. The number of aryl methyl sites for hydroxylation is 1. The van der Waals surface area contributed by atoms with Crippen molar-refractivity contribution in [3.63, 3.8) is 0 Å². The molecule has 0 amide bonds. The Morgan fingerprint density at radius 3 is 2.15 bits per heavy atom. The van der Waals surface area contributed by atoms with Gasteiger partial charge >= 0.3 is 0 Å². The van der Waals surface area contributed by atoms with Gasteiger partial charge in [0.05, 0.1) is 6.54 Å². The van der Waals surface area contributed by atoms with E-state index in [1.807, 2.05) is 6.92 Å². The maximum Gasteiger partial charge on any atom is 0.171 e. The van der Waals surface area contributed by atoms with Crippen molar-refractivity contribution in [1.29, 1.82) is 0 Å². The first-order chi connectivity index (χ1) is 6.10. The Morgan fingerprint density at radius 2 is 1.85 bits per heavy atom. The van der Waals surface area contributed by atoms with E-state index in [0.29, 0.717) is 5.92 Å². The molecule has 0 aliphatic heterocycles. The lowest BCUT2D eigenvalue weighted by molar-refractivity contribution is 0.429. The van der Waals surface area contributed by atoms with Crippen LogP contribution in [0.25, 0.3) is 0 Å². The lowest BCUT2D eigenvalue weighted by atomic mass is 10.2. The van der Waals surface area contributed by atoms with Crippen LogP contribution in [0.4, 0.5) is 0 Å². The fourth-order valence-corrected chi connectivity index (χ4v) is 0.727. The molecule has 1 aromatic heterocycles. The van der Waals surface area contributed by atoms with E-state index < -0.39 is 0 Å². The number of nitrogens with zero attached hydrogens (tertiary/aromatic N) is 4. The molecule has 0 spiro atoms. The molecule has 0 saturated carbocycles. The summed E-state index contributed by atoms with van der Waals surface area (Å²) in [6.45, 7) is 11.2. The van der Waals surface area contributed by atoms with E-state index in [9.17, 15) is 0 Å². The van der Waals surface area contributed by atoms with E-state index in [1.54, 1.807) is 4.80 Å². The second kappa shape index (κ2) is 6.57. The summed E-state index contributed by atoms with van der Waals surface area (Å²) < 4.78 is 0. The van der Waals surface area contributed by atoms with E-state index in [2.05, 4.69) is 43.1 Å². The average molecular weight is 184 g/mol. The van der Waals surface area contributed by atoms with Crippen LogP contribution < -0.4 is 0 Å². The van der Waals surface area contributed by atoms with Crippen LogP contribution in [-0.4, -0.2) is 20.2 Å². The molecule has 4 nitrogen and oxygen atoms in total. The summed E-state index contributed by atoms with van der Waals surface area (Å²) in [5, 5.41) is 11.6. The normalized spacial score (nSPS) is 9.69. The Bertz CT molecular complexity index is 217. The van der Waals surface area contributed by atoms with Crippen LogP contribution in [-0.2, 0) is 6.54 Å². The summed E-state index contributed by atoms with van der Waals surface area (Å²) >= 11 is 0. The Kier molecular flexibility index (Phi) is 6.10. The Balaban J connectivity index is 0.000000424. The summed E-state index contributed by atoms with van der Waals surface area (Å²) in [6, 6.07) is 0. The second-order valence-electron chi connectivity index (χ2n) is 3.49. The van der Waals surface area contributed by atoms with Crippen molar-refractivity contribution in [1.82, 2.24) is 20.2 Å². The van der Waals surface area contributed by atoms with Crippen molar-refractivity contribution >= 4 is 0 Å². The molecule has 0 unspecified atom stereocenters. The maximum absolute atomic E-state index is 4.05. The third kappa shape index (κ3) is 6.25. The topological polar surface area (TPSA) is 43.6 Å². The second-order valence-corrected chi connectivity index (χ2v) is 3.49. The van der Waals surface area contributed by atoms with Gasteiger partial charge in [0, 0.05) is 0 Å². The summed E-state index contributed by atoms with van der Waals surface area (Å²) in [5.74, 6) is 1.31. The fourth-order valence-electron chi connectivity index (χ4n) is 0.727. The largest absolute Gasteiger partial charge is 0.171 e. The molecular formula is C9H20N4. The van der Waals surface area contributed by atoms with Crippen LogP contribution in [0.1, 0.15) is 39.9 Å². The van der Waals surface area contributed by atoms with Gasteiger partial charge in [-0.3, -0.25) is 0 Å². The zero-order valence-corrected chi connectivity index (χ0v) is 9.28. The SMILES string of the molecule is CCC.Cc1nnn(CC(C)C)n1. The highest BCUT2D eigenvalue weighted by atomic mass is 15.6. The molecule has 1 rings (SSSR count). The smallest absolute Gasteiger partial charge is 0.164 e. The van der Waals surface area contributed by atoms with Crippen molar-refractivity contribution < 1.29 is 0 Å². The molecule has 1 heterocycles. The molecule has 1 aromatic rings. The number of hydrogen-bond donors (Lipinski definition) is 0. The lowest BCUT2D eigenvalue weighted by Gasteiger charge is -1.99. The number of hydrogen-bond acceptors (Lipinski definition) is 3. The Hall–Kier alpha value is -0.930. The zero-order chi connectivity index (χ0) is 10.3. The summed E-state index contributed by atoms with van der Waals surface area (Å²) in [5.41, 5.74) is 0. The highest BCUT2D eigenvalue weighted by molar-refractivity contribution is 4.66. The molecule has 0 saturated heterocycles. The zero-order valence-electron chi connectivity index (χ0n) is 9.28. The van der Waals surface area contributed by atoms with Crippen LogP contribution in [0.2, 0.25) is 0 Å². The van der Waals surface area contributed by atoms with Crippen molar-refractivity contribution in [2.75, 3.05) is 0 Å². The third-order valence-corrected chi connectivity index (χ3v) is 1.08. The molecule has 0 N–H and O–H groups in total. The summed E-state index contributed by atoms with van der Waals surface area (Å²) in [4.78, 5) is 1.62. The van der Waals surface area contributed by atoms with Gasteiger partial charge in [-0.1, -0.05) is 34.1 Å². The minimum Gasteiger partial charge on any atom is -0.164 e. The van der Waals surface area contributed by atoms with Crippen molar-refractivity contribution in [2.45, 2.75) is 47.6 Å². The molecule has 0 fully saturated rings. The highest BCUT2D eigenvalue weighted by Gasteiger charge is 1.98. The Labute approximate surface area is 80.3 Å². The van der Waals surface area contributed by atoms with E-state index >= 15 is 0 Å². The fraction of sp³-hybridized carbons (Fsp3) is 0.889. The number of tetrazole rings is 1. The van der Waals surface area contributed by atoms with E-state index in [4.69, 9.17) is 0 Å². The van der Waals surface area contributed by atoms with Gasteiger partial charge < -0.3 is 0 Å². The molecule has 0 radical (unpaired) electrons. The molecular weight excluding hydrogens is 164 g/mol. The van der Waals surface area contributed by atoms with Crippen molar-refractivity contribution in [3.8, 4) is 0 Å². The first-order valence-corrected chi connectivity index (χ1v) is 4.84. The molecule has 0 aliphatic rings. The minimum atomic E-state index is 0.577. The molecule has 13 heavy (non-hydrogen) atoms. The van der Waals surface area contributed by atoms with Crippen molar-refractivity contribution in [2.24, 2.45) is 5.92 Å². The van der Waals surface area contributed by atoms with E-state index in [0.717, 1.165) is 12.4 Å². The molecule has 0 bridgehead atoms. The number of aromatic nitrogens is 4. The van der Waals surface area contributed by atoms with Gasteiger partial charge in [0.15, 0.2) is 5.82 Å². The van der Waals surface area contributed by atoms with Crippen LogP contribution in [0.3, 0.4) is 0 Å². The number of rotatable bonds is 2. The summed E-state index contributed by atoms with van der Waals surface area (Å²) in [6.07, 6.45) is 1.25. The monoisotopic (exact) mass is 184 g/mol. The van der Waals surface area contributed by atoms with Crippen LogP contribution in [0.5, 0.6) is 0 Å². The minimum absolute atomic E-state index is 0.577. The van der Waals surface area contributed by atoms with Crippen LogP contribution >= 0.6 is 0 Å². The predicted octanol–water partition coefficient (Wildman–Crippen LogP) is 2.05. The van der Waals surface area contributed by atoms with E-state index in [-0.39, 0.29) is 0 Å². The predicted molar refractivity (Wildman–Crippen MR) is 53.4 cm³/mol. The van der Waals surface area contributed by atoms with Crippen LogP contribution in [0, 0.1) is 12.8 Å². The highest BCUT2D eigenvalue weighted by Crippen LogP contribution is 1.94. The van der Waals surface area contributed by atoms with Crippen LogP contribution in [0.15, 0.2) is 0 Å². The Morgan fingerprint density at radius 1 is 1.31 bits per heavy atom. The molecule has 0 aromatic carbocycles. The van der Waals surface area contributed by atoms with Gasteiger partial charge in [0.2, 0.25) is 0 Å². The molecule has 76 valence electrons. The van der Waals surface area contributed by atoms with Gasteiger partial charge in [-0.25, -0.2) is 0 Å². The molecule has 0 atom stereocenters. The maximum atomic E-state index is 4.05. The van der Waals surface area contributed by atoms with E-state index in [1.165, 1.54) is 6.42 Å². The van der Waals surface area contributed by atoms with Gasteiger partial charge in [-0.15, -0.1) is 10.2 Å². The van der Waals surface area contributed by atoms with Gasteiger partial charge in [-0.2, -0.15) is 4.80 Å². The van der Waals surface area contributed by atoms with Gasteiger partial charge in [0.1, 0.15) is 0 Å². The molecule has 4 heteroatoms. The first-order valence-electron chi connectivity index (χ1n) is 4.84. The van der Waals surface area contributed by atoms with Crippen molar-refractivity contribution in [3.05, 3.63) is 5.82 Å². The lowest BCUT2D eigenvalue weighted by Crippen LogP contribution is -2.07. The standard InChI is InChI=1S/C6H12N4.C3H8/c1-5(2)4-10-8-6(3)7-9-10;1-3-2/h5H,4H2,1-3H3;3H2,1-2H3. The first kappa shape index (κ1) is 12.1. The molecule has 0 aliphatic carbocycles. The van der Waals surface area contributed by atoms with Gasteiger partial charge in [0.25, 0.3) is 0 Å².